The van der Waals surface area contributed by atoms with E-state index in [-0.39, 0.29) is 5.82 Å². The standard InChI is InChI=1S/C20H23F/c1-2-3-4-15-5-7-16(8-6-15)18-10-9-17-11-12-20(21)14-19(17)13-18/h5-8,11-12,14,18H,2-4,9-10,13H2,1H3. The van der Waals surface area contributed by atoms with Crippen LogP contribution in [0, 0.1) is 5.82 Å². The van der Waals surface area contributed by atoms with Gasteiger partial charge in [0.25, 0.3) is 0 Å². The van der Waals surface area contributed by atoms with Gasteiger partial charge in [-0.3, -0.25) is 0 Å². The Morgan fingerprint density at radius 1 is 1.05 bits per heavy atom. The molecule has 1 heteroatoms. The number of fused-ring (bicyclic) bond motifs is 1. The Hall–Kier alpha value is -1.63. The Balaban J connectivity index is 1.73. The van der Waals surface area contributed by atoms with Gasteiger partial charge in [-0.25, -0.2) is 4.39 Å². The summed E-state index contributed by atoms with van der Waals surface area (Å²) in [6.07, 6.45) is 6.89. The molecule has 1 aliphatic rings. The molecule has 2 aromatic carbocycles. The normalized spacial score (nSPS) is 17.5. The van der Waals surface area contributed by atoms with Gasteiger partial charge in [-0.1, -0.05) is 43.7 Å². The van der Waals surface area contributed by atoms with Gasteiger partial charge >= 0.3 is 0 Å². The molecule has 1 atom stereocenters. The first-order valence-corrected chi connectivity index (χ1v) is 8.12. The SMILES string of the molecule is CCCCc1ccc(C2CCc3ccc(F)cc3C2)cc1. The molecular formula is C20H23F. The van der Waals surface area contributed by atoms with E-state index in [0.717, 1.165) is 12.8 Å². The van der Waals surface area contributed by atoms with Crippen molar-refractivity contribution in [2.24, 2.45) is 0 Å². The summed E-state index contributed by atoms with van der Waals surface area (Å²) in [5.41, 5.74) is 5.36. The topological polar surface area (TPSA) is 0 Å². The summed E-state index contributed by atoms with van der Waals surface area (Å²) in [6, 6.07) is 14.4. The zero-order valence-corrected chi connectivity index (χ0v) is 12.7. The molecule has 0 aliphatic heterocycles. The van der Waals surface area contributed by atoms with E-state index in [9.17, 15) is 4.39 Å². The molecule has 110 valence electrons. The predicted molar refractivity (Wildman–Crippen MR) is 86.2 cm³/mol. The fourth-order valence-electron chi connectivity index (χ4n) is 3.35. The van der Waals surface area contributed by atoms with Gasteiger partial charge in [-0.05, 0) is 72.4 Å². The summed E-state index contributed by atoms with van der Waals surface area (Å²) < 4.78 is 13.4. The molecule has 0 nitrogen and oxygen atoms in total. The third-order valence-electron chi connectivity index (χ3n) is 4.67. The van der Waals surface area contributed by atoms with Crippen LogP contribution in [-0.4, -0.2) is 0 Å². The number of rotatable bonds is 4. The number of hydrogen-bond acceptors (Lipinski definition) is 0. The maximum Gasteiger partial charge on any atom is 0.123 e. The number of aryl methyl sites for hydroxylation is 2. The second-order valence-corrected chi connectivity index (χ2v) is 6.20. The molecule has 1 unspecified atom stereocenters. The minimum absolute atomic E-state index is 0.107. The van der Waals surface area contributed by atoms with E-state index in [0.29, 0.717) is 5.92 Å². The van der Waals surface area contributed by atoms with Gasteiger partial charge in [0.05, 0.1) is 0 Å². The first kappa shape index (κ1) is 14.3. The molecule has 21 heavy (non-hydrogen) atoms. The zero-order chi connectivity index (χ0) is 14.7. The van der Waals surface area contributed by atoms with Crippen molar-refractivity contribution in [1.82, 2.24) is 0 Å². The van der Waals surface area contributed by atoms with Crippen molar-refractivity contribution in [3.8, 4) is 0 Å². The maximum absolute atomic E-state index is 13.4. The molecule has 1 aliphatic carbocycles. The third-order valence-corrected chi connectivity index (χ3v) is 4.67. The molecule has 0 heterocycles. The highest BCUT2D eigenvalue weighted by atomic mass is 19.1. The molecule has 0 saturated carbocycles. The summed E-state index contributed by atoms with van der Waals surface area (Å²) in [6.45, 7) is 2.23. The first-order valence-electron chi connectivity index (χ1n) is 8.12. The lowest BCUT2D eigenvalue weighted by Gasteiger charge is -2.25. The summed E-state index contributed by atoms with van der Waals surface area (Å²) in [4.78, 5) is 0. The molecule has 0 aromatic heterocycles. The van der Waals surface area contributed by atoms with Crippen molar-refractivity contribution in [1.29, 1.82) is 0 Å². The lowest BCUT2D eigenvalue weighted by molar-refractivity contribution is 0.572. The van der Waals surface area contributed by atoms with Crippen LogP contribution in [0.1, 0.15) is 54.4 Å². The molecule has 0 bridgehead atoms. The highest BCUT2D eigenvalue weighted by Gasteiger charge is 2.20. The van der Waals surface area contributed by atoms with Gasteiger partial charge in [0.15, 0.2) is 0 Å². The maximum atomic E-state index is 13.4. The van der Waals surface area contributed by atoms with Gasteiger partial charge in [0.1, 0.15) is 5.82 Å². The quantitative estimate of drug-likeness (QED) is 0.700. The summed E-state index contributed by atoms with van der Waals surface area (Å²) in [5.74, 6) is 0.434. The monoisotopic (exact) mass is 282 g/mol. The van der Waals surface area contributed by atoms with Crippen LogP contribution >= 0.6 is 0 Å². The van der Waals surface area contributed by atoms with Gasteiger partial charge in [0, 0.05) is 0 Å². The van der Waals surface area contributed by atoms with E-state index < -0.39 is 0 Å². The van der Waals surface area contributed by atoms with E-state index in [4.69, 9.17) is 0 Å². The van der Waals surface area contributed by atoms with E-state index in [1.54, 1.807) is 12.1 Å². The third kappa shape index (κ3) is 3.34. The molecular weight excluding hydrogens is 259 g/mol. The van der Waals surface area contributed by atoms with Gasteiger partial charge in [-0.15, -0.1) is 0 Å². The highest BCUT2D eigenvalue weighted by Crippen LogP contribution is 2.33. The summed E-state index contributed by atoms with van der Waals surface area (Å²) >= 11 is 0. The van der Waals surface area contributed by atoms with Crippen LogP contribution in [-0.2, 0) is 19.3 Å². The lowest BCUT2D eigenvalue weighted by Crippen LogP contribution is -2.13. The summed E-state index contributed by atoms with van der Waals surface area (Å²) in [5, 5.41) is 0. The minimum atomic E-state index is -0.107. The van der Waals surface area contributed by atoms with Crippen LogP contribution in [0.15, 0.2) is 42.5 Å². The Morgan fingerprint density at radius 3 is 2.62 bits per heavy atom. The number of unbranched alkanes of at least 4 members (excludes halogenated alkanes) is 1. The van der Waals surface area contributed by atoms with Crippen molar-refractivity contribution >= 4 is 0 Å². The fourth-order valence-corrected chi connectivity index (χ4v) is 3.35. The predicted octanol–water partition coefficient (Wildman–Crippen LogP) is 5.44. The van der Waals surface area contributed by atoms with Gasteiger partial charge < -0.3 is 0 Å². The first-order chi connectivity index (χ1) is 10.3. The van der Waals surface area contributed by atoms with Crippen LogP contribution in [0.2, 0.25) is 0 Å². The van der Waals surface area contributed by atoms with Crippen LogP contribution in [0.5, 0.6) is 0 Å². The second-order valence-electron chi connectivity index (χ2n) is 6.20. The molecule has 0 N–H and O–H groups in total. The molecule has 0 radical (unpaired) electrons. The zero-order valence-electron chi connectivity index (χ0n) is 12.7. The van der Waals surface area contributed by atoms with Crippen LogP contribution in [0.25, 0.3) is 0 Å². The Morgan fingerprint density at radius 2 is 1.86 bits per heavy atom. The number of halogens is 1. The smallest absolute Gasteiger partial charge is 0.123 e. The van der Waals surface area contributed by atoms with Crippen molar-refractivity contribution < 1.29 is 4.39 Å². The van der Waals surface area contributed by atoms with Gasteiger partial charge in [0.2, 0.25) is 0 Å². The minimum Gasteiger partial charge on any atom is -0.207 e. The second kappa shape index (κ2) is 6.43. The largest absolute Gasteiger partial charge is 0.207 e. The van der Waals surface area contributed by atoms with Crippen molar-refractivity contribution in [3.05, 3.63) is 70.5 Å². The fraction of sp³-hybridized carbons (Fsp3) is 0.400. The van der Waals surface area contributed by atoms with E-state index in [2.05, 4.69) is 31.2 Å². The van der Waals surface area contributed by atoms with E-state index >= 15 is 0 Å². The lowest BCUT2D eigenvalue weighted by atomic mass is 9.80. The molecule has 0 saturated heterocycles. The Bertz CT molecular complexity index is 598. The molecule has 0 fully saturated rings. The van der Waals surface area contributed by atoms with Crippen LogP contribution < -0.4 is 0 Å². The molecule has 2 aromatic rings. The van der Waals surface area contributed by atoms with Gasteiger partial charge in [-0.2, -0.15) is 0 Å². The molecule has 3 rings (SSSR count). The van der Waals surface area contributed by atoms with E-state index in [1.807, 2.05) is 6.07 Å². The average Bonchev–Trinajstić information content (AvgIpc) is 2.52. The number of benzene rings is 2. The molecule has 0 amide bonds. The van der Waals surface area contributed by atoms with Crippen molar-refractivity contribution in [3.63, 3.8) is 0 Å². The highest BCUT2D eigenvalue weighted by molar-refractivity contribution is 5.35. The number of hydrogen-bond donors (Lipinski definition) is 0. The van der Waals surface area contributed by atoms with Crippen molar-refractivity contribution in [2.75, 3.05) is 0 Å². The molecule has 0 spiro atoms. The van der Waals surface area contributed by atoms with Crippen LogP contribution in [0.4, 0.5) is 4.39 Å². The summed E-state index contributed by atoms with van der Waals surface area (Å²) in [7, 11) is 0. The Labute approximate surface area is 127 Å². The Kier molecular flexibility index (Phi) is 4.38. The van der Waals surface area contributed by atoms with E-state index in [1.165, 1.54) is 47.9 Å². The van der Waals surface area contributed by atoms with Crippen LogP contribution in [0.3, 0.4) is 0 Å². The average molecular weight is 282 g/mol. The van der Waals surface area contributed by atoms with Crippen molar-refractivity contribution in [2.45, 2.75) is 51.4 Å².